The molecule has 1 N–H and O–H groups in total. The molecule has 0 saturated heterocycles. The van der Waals surface area contributed by atoms with Crippen molar-refractivity contribution in [2.24, 2.45) is 0 Å². The second-order valence-corrected chi connectivity index (χ2v) is 14.5. The number of aliphatic hydroxyl groups excluding tert-OH is 1. The van der Waals surface area contributed by atoms with Gasteiger partial charge >= 0.3 is 0 Å². The summed E-state index contributed by atoms with van der Waals surface area (Å²) in [6.45, 7) is 18.0. The summed E-state index contributed by atoms with van der Waals surface area (Å²) in [7, 11) is 0. The van der Waals surface area contributed by atoms with E-state index in [4.69, 9.17) is 5.11 Å². The Morgan fingerprint density at radius 2 is 1.06 bits per heavy atom. The second-order valence-electron chi connectivity index (χ2n) is 10.6. The molecule has 0 saturated carbocycles. The molecule has 0 amide bonds. The number of thiazole rings is 2. The number of hydrogen-bond acceptors (Lipinski definition) is 11. The Kier molecular flexibility index (Phi) is 22.6. The third-order valence-corrected chi connectivity index (χ3v) is 9.02. The van der Waals surface area contributed by atoms with Gasteiger partial charge < -0.3 is 5.11 Å². The van der Waals surface area contributed by atoms with Crippen LogP contribution in [0.5, 0.6) is 0 Å². The second kappa shape index (κ2) is 25.5. The first-order valence-corrected chi connectivity index (χ1v) is 19.7. The minimum absolute atomic E-state index is 0.0767. The summed E-state index contributed by atoms with van der Waals surface area (Å²) in [5, 5.41) is 16.1. The minimum Gasteiger partial charge on any atom is -0.392 e. The first kappa shape index (κ1) is 43.5. The average molecular weight is 735 g/mol. The predicted octanol–water partition coefficient (Wildman–Crippen LogP) is 10.3. The first-order valence-electron chi connectivity index (χ1n) is 15.5. The van der Waals surface area contributed by atoms with Crippen molar-refractivity contribution < 1.29 is 5.11 Å². The molecule has 0 bridgehead atoms. The van der Waals surface area contributed by atoms with Crippen molar-refractivity contribution in [1.29, 1.82) is 0 Å². The number of rotatable bonds is 3. The molecule has 11 heteroatoms. The zero-order chi connectivity index (χ0) is 36.6. The quantitative estimate of drug-likeness (QED) is 0.178. The van der Waals surface area contributed by atoms with E-state index < -0.39 is 0 Å². The number of thioether (sulfide) groups is 2. The summed E-state index contributed by atoms with van der Waals surface area (Å²) in [6, 6.07) is 17.9. The van der Waals surface area contributed by atoms with E-state index in [1.165, 1.54) is 10.5 Å². The normalized spacial score (nSPS) is 9.47. The molecule has 0 unspecified atom stereocenters. The molecule has 0 aromatic carbocycles. The lowest BCUT2D eigenvalue weighted by Gasteiger charge is -1.93. The summed E-state index contributed by atoms with van der Waals surface area (Å²) < 4.78 is 0. The molecule has 6 rings (SSSR count). The Morgan fingerprint density at radius 1 is 0.531 bits per heavy atom. The molecule has 0 aliphatic carbocycles. The van der Waals surface area contributed by atoms with Gasteiger partial charge in [-0.3, -0.25) is 15.0 Å². The van der Waals surface area contributed by atoms with Gasteiger partial charge in [0.2, 0.25) is 0 Å². The van der Waals surface area contributed by atoms with Gasteiger partial charge in [-0.15, -0.1) is 46.2 Å². The van der Waals surface area contributed by atoms with Crippen LogP contribution in [0, 0.1) is 62.3 Å². The van der Waals surface area contributed by atoms with Crippen molar-refractivity contribution in [2.75, 3.05) is 12.5 Å². The maximum atomic E-state index is 8.59. The van der Waals surface area contributed by atoms with Gasteiger partial charge in [0.1, 0.15) is 0 Å². The molecule has 6 aromatic rings. The lowest BCUT2D eigenvalue weighted by atomic mass is 10.3. The highest BCUT2D eigenvalue weighted by Gasteiger charge is 1.90. The van der Waals surface area contributed by atoms with Crippen molar-refractivity contribution in [3.8, 4) is 0 Å². The Hall–Kier alpha value is -3.48. The van der Waals surface area contributed by atoms with Crippen LogP contribution in [0.2, 0.25) is 0 Å². The van der Waals surface area contributed by atoms with E-state index in [0.29, 0.717) is 0 Å². The van der Waals surface area contributed by atoms with Gasteiger partial charge in [-0.05, 0) is 122 Å². The number of pyridine rings is 4. The standard InChI is InChI=1S/C7H9NO.2C7H9NS.C7H9N.2C5H7NS/c1-6-2-3-7(5-9)4-8-6;1-6-3-4-7(9-2)5-8-6;1-6-4-3-5-7(8-6)9-2;1-6-3-4-7(2)8-5-6;2*1-4-3-7-5(2)6-4/h2-4,9H,5H2,1H3;2*3-5H,1-2H3;3-5H,1-2H3;2*3H,1-2H3. The average Bonchev–Trinajstić information content (AvgIpc) is 3.68. The third-order valence-electron chi connectivity index (χ3n) is 5.87. The number of aliphatic hydroxyl groups is 1. The fraction of sp³-hybridized carbons (Fsp3) is 0.316. The maximum absolute atomic E-state index is 8.59. The van der Waals surface area contributed by atoms with Crippen molar-refractivity contribution in [3.63, 3.8) is 0 Å². The van der Waals surface area contributed by atoms with Gasteiger partial charge in [-0.25, -0.2) is 15.0 Å². The van der Waals surface area contributed by atoms with E-state index in [9.17, 15) is 0 Å². The fourth-order valence-corrected chi connectivity index (χ4v) is 5.28. The largest absolute Gasteiger partial charge is 0.392 e. The molecular formula is C38H50N6OS4. The highest BCUT2D eigenvalue weighted by atomic mass is 32.2. The number of nitrogens with zero attached hydrogens (tertiary/aromatic N) is 6. The molecule has 0 aliphatic rings. The van der Waals surface area contributed by atoms with Gasteiger partial charge in [0.05, 0.1) is 21.6 Å². The van der Waals surface area contributed by atoms with E-state index in [0.717, 1.165) is 54.8 Å². The van der Waals surface area contributed by atoms with Crippen molar-refractivity contribution in [2.45, 2.75) is 78.8 Å². The van der Waals surface area contributed by atoms with Gasteiger partial charge in [-0.1, -0.05) is 18.2 Å². The van der Waals surface area contributed by atoms with E-state index >= 15 is 0 Å². The van der Waals surface area contributed by atoms with Crippen LogP contribution in [-0.4, -0.2) is 47.5 Å². The molecule has 7 nitrogen and oxygen atoms in total. The van der Waals surface area contributed by atoms with Gasteiger partial charge in [-0.2, -0.15) is 0 Å². The van der Waals surface area contributed by atoms with Crippen LogP contribution in [-0.2, 0) is 6.61 Å². The van der Waals surface area contributed by atoms with Crippen LogP contribution < -0.4 is 0 Å². The number of hydrogen-bond donors (Lipinski definition) is 1. The van der Waals surface area contributed by atoms with Gasteiger partial charge in [0, 0.05) is 68.4 Å². The molecule has 49 heavy (non-hydrogen) atoms. The van der Waals surface area contributed by atoms with E-state index in [1.807, 2.05) is 130 Å². The highest BCUT2D eigenvalue weighted by Crippen LogP contribution is 2.12. The number of aromatic nitrogens is 6. The van der Waals surface area contributed by atoms with Gasteiger partial charge in [0.25, 0.3) is 0 Å². The Labute approximate surface area is 310 Å². The molecule has 262 valence electrons. The number of aryl methyl sites for hydroxylation is 9. The summed E-state index contributed by atoms with van der Waals surface area (Å²) >= 11 is 6.77. The zero-order valence-electron chi connectivity index (χ0n) is 30.6. The van der Waals surface area contributed by atoms with Crippen LogP contribution in [0.4, 0.5) is 0 Å². The maximum Gasteiger partial charge on any atom is 0.0960 e. The Morgan fingerprint density at radius 3 is 1.35 bits per heavy atom. The molecular weight excluding hydrogens is 685 g/mol. The van der Waals surface area contributed by atoms with Gasteiger partial charge in [0.15, 0.2) is 0 Å². The molecule has 0 spiro atoms. The van der Waals surface area contributed by atoms with Crippen molar-refractivity contribution >= 4 is 46.2 Å². The highest BCUT2D eigenvalue weighted by molar-refractivity contribution is 7.98. The zero-order valence-corrected chi connectivity index (χ0v) is 33.8. The Bertz CT molecular complexity index is 1570. The van der Waals surface area contributed by atoms with Crippen LogP contribution in [0.25, 0.3) is 0 Å². The first-order chi connectivity index (χ1) is 23.3. The fourth-order valence-electron chi connectivity index (χ4n) is 3.28. The minimum atomic E-state index is 0.0767. The summed E-state index contributed by atoms with van der Waals surface area (Å²) in [5.41, 5.74) is 8.55. The molecule has 0 atom stereocenters. The summed E-state index contributed by atoms with van der Waals surface area (Å²) in [5.74, 6) is 0. The van der Waals surface area contributed by atoms with E-state index in [1.54, 1.807) is 52.4 Å². The lowest BCUT2D eigenvalue weighted by Crippen LogP contribution is -1.85. The molecule has 0 aliphatic heterocycles. The SMILES string of the molecule is CSc1ccc(C)nc1.CSc1cccc(C)n1.Cc1ccc(C)nc1.Cc1ccc(CO)cn1.Cc1csc(C)n1.Cc1csc(C)n1. The third kappa shape index (κ3) is 22.0. The van der Waals surface area contributed by atoms with E-state index in [2.05, 4.69) is 52.8 Å². The van der Waals surface area contributed by atoms with E-state index in [-0.39, 0.29) is 6.61 Å². The lowest BCUT2D eigenvalue weighted by molar-refractivity contribution is 0.281. The smallest absolute Gasteiger partial charge is 0.0960 e. The van der Waals surface area contributed by atoms with Crippen LogP contribution in [0.15, 0.2) is 93.9 Å². The predicted molar refractivity (Wildman–Crippen MR) is 213 cm³/mol. The van der Waals surface area contributed by atoms with Crippen molar-refractivity contribution in [3.05, 3.63) is 139 Å². The van der Waals surface area contributed by atoms with Crippen LogP contribution in [0.3, 0.4) is 0 Å². The summed E-state index contributed by atoms with van der Waals surface area (Å²) in [6.07, 6.45) is 9.51. The van der Waals surface area contributed by atoms with Crippen molar-refractivity contribution in [1.82, 2.24) is 29.9 Å². The van der Waals surface area contributed by atoms with Crippen LogP contribution >= 0.6 is 46.2 Å². The topological polar surface area (TPSA) is 97.6 Å². The monoisotopic (exact) mass is 734 g/mol. The molecule has 0 fully saturated rings. The molecule has 0 radical (unpaired) electrons. The molecule has 6 aromatic heterocycles. The Balaban J connectivity index is 0.000000295. The summed E-state index contributed by atoms with van der Waals surface area (Å²) in [4.78, 5) is 25.9. The van der Waals surface area contributed by atoms with Crippen LogP contribution in [0.1, 0.15) is 55.3 Å². The molecule has 6 heterocycles.